The van der Waals surface area contributed by atoms with Crippen LogP contribution in [-0.2, 0) is 0 Å². The van der Waals surface area contributed by atoms with E-state index in [1.54, 1.807) is 39.5 Å². The number of pyridine rings is 1. The summed E-state index contributed by atoms with van der Waals surface area (Å²) in [6, 6.07) is 9.05. The summed E-state index contributed by atoms with van der Waals surface area (Å²) in [6.45, 7) is 9.59. The van der Waals surface area contributed by atoms with Crippen molar-refractivity contribution in [3.63, 3.8) is 0 Å². The van der Waals surface area contributed by atoms with Gasteiger partial charge >= 0.3 is 6.09 Å². The van der Waals surface area contributed by atoms with Crippen molar-refractivity contribution in [3.8, 4) is 23.0 Å². The zero-order valence-corrected chi connectivity index (χ0v) is 18.4. The molecule has 162 valence electrons. The number of ether oxygens (including phenoxy) is 3. The summed E-state index contributed by atoms with van der Waals surface area (Å²) >= 11 is 0. The van der Waals surface area contributed by atoms with Crippen LogP contribution in [0, 0.1) is 13.8 Å². The number of methoxy groups -OCH3 is 2. The van der Waals surface area contributed by atoms with Crippen LogP contribution in [0.5, 0.6) is 23.0 Å². The Morgan fingerprint density at radius 3 is 2.32 bits per heavy atom. The molecule has 0 aliphatic carbocycles. The van der Waals surface area contributed by atoms with Gasteiger partial charge in [-0.25, -0.2) is 4.79 Å². The molecule has 0 fully saturated rings. The molecule has 0 aliphatic rings. The van der Waals surface area contributed by atoms with Crippen molar-refractivity contribution >= 4 is 22.7 Å². The highest BCUT2D eigenvalue weighted by atomic mass is 16.5. The van der Waals surface area contributed by atoms with Gasteiger partial charge in [-0.2, -0.15) is 0 Å². The van der Waals surface area contributed by atoms with Crippen molar-refractivity contribution in [1.29, 1.82) is 0 Å². The van der Waals surface area contributed by atoms with Gasteiger partial charge in [0.2, 0.25) is 0 Å². The molecule has 1 aromatic heterocycles. The van der Waals surface area contributed by atoms with E-state index < -0.39 is 6.09 Å². The fourth-order valence-corrected chi connectivity index (χ4v) is 3.36. The maximum atomic E-state index is 11.8. The number of carboxylic acid groups (broad SMARTS) is 1. The van der Waals surface area contributed by atoms with Crippen LogP contribution >= 0.6 is 0 Å². The number of hydrogen-bond acceptors (Lipinski definition) is 5. The van der Waals surface area contributed by atoms with E-state index >= 15 is 0 Å². The largest absolute Gasteiger partial charge is 0.493 e. The Hall–Kier alpha value is -3.74. The van der Waals surface area contributed by atoms with Crippen molar-refractivity contribution in [3.05, 3.63) is 59.8 Å². The number of carbonyl (C=O) groups is 1. The molecule has 7 heteroatoms. The van der Waals surface area contributed by atoms with Gasteiger partial charge in [-0.1, -0.05) is 12.2 Å². The second kappa shape index (κ2) is 8.95. The normalized spacial score (nSPS) is 10.6. The van der Waals surface area contributed by atoms with Crippen LogP contribution in [-0.4, -0.2) is 36.9 Å². The number of hydrogen-bond donors (Lipinski definition) is 1. The topological polar surface area (TPSA) is 81.1 Å². The molecule has 7 nitrogen and oxygen atoms in total. The lowest BCUT2D eigenvalue weighted by molar-refractivity contribution is 0.202. The molecular formula is C24H26N2O5. The van der Waals surface area contributed by atoms with Crippen LogP contribution < -0.4 is 19.1 Å². The molecule has 1 heterocycles. The number of fused-ring (bicyclic) bond motifs is 1. The van der Waals surface area contributed by atoms with E-state index in [9.17, 15) is 9.90 Å². The maximum Gasteiger partial charge on any atom is 0.412 e. The fourth-order valence-electron chi connectivity index (χ4n) is 3.36. The molecule has 0 spiro atoms. The molecule has 0 bridgehead atoms. The Morgan fingerprint density at radius 1 is 1.03 bits per heavy atom. The monoisotopic (exact) mass is 422 g/mol. The average Bonchev–Trinajstić information content (AvgIpc) is 2.73. The van der Waals surface area contributed by atoms with E-state index in [1.165, 1.54) is 4.90 Å². The van der Waals surface area contributed by atoms with Crippen molar-refractivity contribution < 1.29 is 24.1 Å². The highest BCUT2D eigenvalue weighted by Crippen LogP contribution is 2.38. The Bertz CT molecular complexity index is 1160. The predicted molar refractivity (Wildman–Crippen MR) is 121 cm³/mol. The van der Waals surface area contributed by atoms with Crippen LogP contribution in [0.15, 0.2) is 48.7 Å². The van der Waals surface area contributed by atoms with E-state index in [1.807, 2.05) is 32.0 Å². The summed E-state index contributed by atoms with van der Waals surface area (Å²) in [5.41, 5.74) is 3.65. The minimum absolute atomic E-state index is 0.229. The number of aromatic nitrogens is 1. The third-order valence-electron chi connectivity index (χ3n) is 4.87. The first kappa shape index (κ1) is 22.0. The van der Waals surface area contributed by atoms with E-state index in [0.29, 0.717) is 34.2 Å². The summed E-state index contributed by atoms with van der Waals surface area (Å²) in [7, 11) is 3.15. The Kier molecular flexibility index (Phi) is 6.34. The highest BCUT2D eigenvalue weighted by molar-refractivity contribution is 5.89. The molecule has 0 aliphatic heterocycles. The summed E-state index contributed by atoms with van der Waals surface area (Å²) < 4.78 is 17.0. The molecule has 3 rings (SSSR count). The van der Waals surface area contributed by atoms with Gasteiger partial charge in [-0.3, -0.25) is 9.88 Å². The van der Waals surface area contributed by atoms with Crippen molar-refractivity contribution in [1.82, 2.24) is 4.98 Å². The zero-order valence-electron chi connectivity index (χ0n) is 18.4. The first-order chi connectivity index (χ1) is 14.7. The smallest absolute Gasteiger partial charge is 0.412 e. The van der Waals surface area contributed by atoms with Gasteiger partial charge in [0.25, 0.3) is 0 Å². The van der Waals surface area contributed by atoms with Gasteiger partial charge in [0.1, 0.15) is 11.5 Å². The number of aryl methyl sites for hydroxylation is 2. The second-order valence-corrected chi connectivity index (χ2v) is 7.37. The molecule has 2 aromatic carbocycles. The van der Waals surface area contributed by atoms with Crippen LogP contribution in [0.4, 0.5) is 10.5 Å². The van der Waals surface area contributed by atoms with Crippen LogP contribution in [0.3, 0.4) is 0 Å². The van der Waals surface area contributed by atoms with Gasteiger partial charge in [0.15, 0.2) is 11.5 Å². The summed E-state index contributed by atoms with van der Waals surface area (Å²) in [5, 5.41) is 10.4. The SMILES string of the molecule is C=C(C)CN(C(=O)O)c1cc(C)c(Oc2ccnc3cc(OC)c(OC)cc23)cc1C. The van der Waals surface area contributed by atoms with Crippen molar-refractivity contribution in [2.75, 3.05) is 25.7 Å². The number of rotatable bonds is 7. The molecule has 0 unspecified atom stereocenters. The van der Waals surface area contributed by atoms with E-state index in [4.69, 9.17) is 14.2 Å². The maximum absolute atomic E-state index is 11.8. The summed E-state index contributed by atoms with van der Waals surface area (Å²) in [4.78, 5) is 17.4. The Labute approximate surface area is 181 Å². The molecule has 31 heavy (non-hydrogen) atoms. The van der Waals surface area contributed by atoms with E-state index in [-0.39, 0.29) is 6.54 Å². The summed E-state index contributed by atoms with van der Waals surface area (Å²) in [6.07, 6.45) is 0.638. The third-order valence-corrected chi connectivity index (χ3v) is 4.87. The summed E-state index contributed by atoms with van der Waals surface area (Å²) in [5.74, 6) is 2.40. The average molecular weight is 422 g/mol. The molecule has 0 saturated carbocycles. The Balaban J connectivity index is 2.03. The predicted octanol–water partition coefficient (Wildman–Crippen LogP) is 5.72. The van der Waals surface area contributed by atoms with Gasteiger partial charge < -0.3 is 19.3 Å². The van der Waals surface area contributed by atoms with E-state index in [2.05, 4.69) is 11.6 Å². The first-order valence-electron chi connectivity index (χ1n) is 9.69. The first-order valence-corrected chi connectivity index (χ1v) is 9.69. The fraction of sp³-hybridized carbons (Fsp3) is 0.250. The molecule has 0 radical (unpaired) electrons. The van der Waals surface area contributed by atoms with Gasteiger partial charge in [0.05, 0.1) is 25.4 Å². The number of benzene rings is 2. The standard InChI is InChI=1S/C24H26N2O5/c1-14(2)13-26(24(27)28)19-9-16(4)21(10-15(19)3)31-20-7-8-25-18-12-23(30-6)22(29-5)11-17(18)20/h7-12H,1,13H2,2-6H3,(H,27,28). The number of amides is 1. The van der Waals surface area contributed by atoms with Crippen molar-refractivity contribution in [2.24, 2.45) is 0 Å². The number of nitrogens with zero attached hydrogens (tertiary/aromatic N) is 2. The lowest BCUT2D eigenvalue weighted by Gasteiger charge is -2.23. The third kappa shape index (κ3) is 4.55. The zero-order chi connectivity index (χ0) is 22.7. The van der Waals surface area contributed by atoms with Crippen LogP contribution in [0.1, 0.15) is 18.1 Å². The quantitative estimate of drug-likeness (QED) is 0.490. The lowest BCUT2D eigenvalue weighted by Crippen LogP contribution is -2.31. The molecule has 3 aromatic rings. The lowest BCUT2D eigenvalue weighted by atomic mass is 10.1. The molecule has 0 saturated heterocycles. The highest BCUT2D eigenvalue weighted by Gasteiger charge is 2.19. The molecule has 1 N–H and O–H groups in total. The van der Waals surface area contributed by atoms with Gasteiger partial charge in [-0.05, 0) is 56.2 Å². The van der Waals surface area contributed by atoms with Crippen LogP contribution in [0.2, 0.25) is 0 Å². The van der Waals surface area contributed by atoms with Gasteiger partial charge in [0, 0.05) is 24.2 Å². The molecule has 0 atom stereocenters. The minimum atomic E-state index is -1.03. The number of anilines is 1. The Morgan fingerprint density at radius 2 is 1.71 bits per heavy atom. The van der Waals surface area contributed by atoms with Gasteiger partial charge in [-0.15, -0.1) is 0 Å². The second-order valence-electron chi connectivity index (χ2n) is 7.37. The van der Waals surface area contributed by atoms with E-state index in [0.717, 1.165) is 22.1 Å². The minimum Gasteiger partial charge on any atom is -0.493 e. The molecular weight excluding hydrogens is 396 g/mol. The van der Waals surface area contributed by atoms with Crippen LogP contribution in [0.25, 0.3) is 10.9 Å². The van der Waals surface area contributed by atoms with Crippen molar-refractivity contribution in [2.45, 2.75) is 20.8 Å². The molecule has 1 amide bonds.